The Morgan fingerprint density at radius 3 is 2.65 bits per heavy atom. The fourth-order valence-electron chi connectivity index (χ4n) is 6.16. The summed E-state index contributed by atoms with van der Waals surface area (Å²) in [6, 6.07) is 16.2. The summed E-state index contributed by atoms with van der Waals surface area (Å²) in [5.74, 6) is 1.36. The topological polar surface area (TPSA) is 87.1 Å². The van der Waals surface area contributed by atoms with Crippen LogP contribution in [0.1, 0.15) is 39.7 Å². The molecular weight excluding hydrogens is 645 g/mol. The van der Waals surface area contributed by atoms with Gasteiger partial charge in [0.15, 0.2) is 0 Å². The first kappa shape index (κ1) is 30.7. The Labute approximate surface area is 278 Å². The first-order valence-electron chi connectivity index (χ1n) is 14.8. The molecule has 12 heteroatoms. The van der Waals surface area contributed by atoms with Crippen molar-refractivity contribution in [3.8, 4) is 16.9 Å². The maximum absolute atomic E-state index is 14.2. The Morgan fingerprint density at radius 1 is 0.978 bits per heavy atom. The van der Waals surface area contributed by atoms with Crippen LogP contribution in [-0.4, -0.2) is 41.8 Å². The number of aromatic nitrogens is 5. The van der Waals surface area contributed by atoms with Crippen LogP contribution < -0.4 is 4.74 Å². The number of halogens is 2. The highest BCUT2D eigenvalue weighted by atomic mass is 35.5. The molecule has 1 aliphatic rings. The van der Waals surface area contributed by atoms with Gasteiger partial charge >= 0.3 is 5.97 Å². The van der Waals surface area contributed by atoms with Gasteiger partial charge in [-0.1, -0.05) is 11.6 Å². The number of thioether (sulfide) groups is 2. The normalized spacial score (nSPS) is 14.3. The molecule has 0 atom stereocenters. The van der Waals surface area contributed by atoms with E-state index in [0.717, 1.165) is 60.5 Å². The molecule has 0 spiro atoms. The van der Waals surface area contributed by atoms with Gasteiger partial charge in [-0.3, -0.25) is 9.36 Å². The van der Waals surface area contributed by atoms with Gasteiger partial charge in [-0.25, -0.2) is 9.18 Å². The maximum Gasteiger partial charge on any atom is 0.352 e. The van der Waals surface area contributed by atoms with E-state index >= 15 is 0 Å². The molecule has 0 fully saturated rings. The van der Waals surface area contributed by atoms with Gasteiger partial charge in [-0.05, 0) is 73.3 Å². The molecule has 3 aromatic carbocycles. The van der Waals surface area contributed by atoms with Crippen LogP contribution in [0.4, 0.5) is 4.39 Å². The van der Waals surface area contributed by atoms with Crippen LogP contribution in [0.2, 0.25) is 5.02 Å². The smallest absolute Gasteiger partial charge is 0.352 e. The van der Waals surface area contributed by atoms with E-state index in [1.807, 2.05) is 59.2 Å². The summed E-state index contributed by atoms with van der Waals surface area (Å²) >= 11 is 10.3. The average molecular weight is 676 g/mol. The number of aryl methyl sites for hydroxylation is 3. The highest BCUT2D eigenvalue weighted by Gasteiger charge is 2.24. The van der Waals surface area contributed by atoms with Crippen molar-refractivity contribution in [1.82, 2.24) is 24.1 Å². The minimum absolute atomic E-state index is 0.184. The maximum atomic E-state index is 14.2. The van der Waals surface area contributed by atoms with E-state index in [1.165, 1.54) is 12.1 Å². The molecule has 8 bridgehead atoms. The molecule has 0 radical (unpaired) electrons. The molecule has 4 heterocycles. The van der Waals surface area contributed by atoms with Gasteiger partial charge in [0.2, 0.25) is 0 Å². The fraction of sp³-hybridized carbons (Fsp3) is 0.265. The minimum Gasteiger partial charge on any atom is -0.493 e. The number of carbonyl (C=O) groups is 1. The van der Waals surface area contributed by atoms with Crippen molar-refractivity contribution in [2.45, 2.75) is 42.0 Å². The molecule has 0 amide bonds. The quantitative estimate of drug-likeness (QED) is 0.188. The van der Waals surface area contributed by atoms with E-state index in [4.69, 9.17) is 26.5 Å². The van der Waals surface area contributed by atoms with Crippen molar-refractivity contribution in [2.75, 3.05) is 6.61 Å². The number of carboxylic acid groups (broad SMARTS) is 1. The number of ether oxygens (including phenoxy) is 1. The van der Waals surface area contributed by atoms with E-state index in [-0.39, 0.29) is 11.5 Å². The van der Waals surface area contributed by atoms with Crippen molar-refractivity contribution in [3.05, 3.63) is 93.9 Å². The second-order valence-corrected chi connectivity index (χ2v) is 13.8. The SMILES string of the molecule is Cc1c2c(nn1C)CSCc1cc(n(C)n1)CSc1cc(c3ccc(F)cc3c1)OCCCn1c(C(=O)O)cc3c-2c(Cl)ccc31. The molecule has 7 rings (SSSR count). The summed E-state index contributed by atoms with van der Waals surface area (Å²) in [4.78, 5) is 13.5. The molecule has 3 aromatic heterocycles. The molecule has 236 valence electrons. The number of aromatic carboxylic acids is 1. The Balaban J connectivity index is 1.34. The number of nitrogens with zero attached hydrogens (tertiary/aromatic N) is 5. The fourth-order valence-corrected chi connectivity index (χ4v) is 8.25. The Bertz CT molecular complexity index is 2150. The molecule has 0 unspecified atom stereocenters. The first-order valence-corrected chi connectivity index (χ1v) is 17.4. The van der Waals surface area contributed by atoms with E-state index < -0.39 is 5.97 Å². The monoisotopic (exact) mass is 675 g/mol. The zero-order valence-electron chi connectivity index (χ0n) is 25.5. The molecule has 0 saturated heterocycles. The van der Waals surface area contributed by atoms with Gasteiger partial charge < -0.3 is 14.4 Å². The molecule has 0 saturated carbocycles. The van der Waals surface area contributed by atoms with Crippen molar-refractivity contribution in [3.63, 3.8) is 0 Å². The highest BCUT2D eigenvalue weighted by Crippen LogP contribution is 2.41. The lowest BCUT2D eigenvalue weighted by Crippen LogP contribution is -2.11. The summed E-state index contributed by atoms with van der Waals surface area (Å²) in [6.45, 7) is 2.77. The largest absolute Gasteiger partial charge is 0.493 e. The molecule has 46 heavy (non-hydrogen) atoms. The number of hydrogen-bond acceptors (Lipinski definition) is 6. The number of benzene rings is 3. The molecular formula is C34H31ClFN5O3S2. The zero-order valence-corrected chi connectivity index (χ0v) is 27.9. The van der Waals surface area contributed by atoms with Gasteiger partial charge in [-0.2, -0.15) is 10.2 Å². The summed E-state index contributed by atoms with van der Waals surface area (Å²) in [7, 11) is 3.87. The van der Waals surface area contributed by atoms with Crippen LogP contribution in [0.5, 0.6) is 5.75 Å². The number of hydrogen-bond donors (Lipinski definition) is 1. The standard InChI is InChI=1S/C34H31ClFN5O3S2/c1-19-32-28(38-39(19)2)18-45-16-22-13-23(40(3)37-22)17-46-24-12-20-11-21(36)5-6-25(20)31(14-24)44-10-4-9-41-29-8-7-27(35)33(32)26(29)15-30(41)34(42)43/h5-8,11-15H,4,9-10,16-18H2,1-3H3,(H,42,43). The van der Waals surface area contributed by atoms with E-state index in [0.29, 0.717) is 47.6 Å². The predicted octanol–water partition coefficient (Wildman–Crippen LogP) is 8.24. The number of fused-ring (bicyclic) bond motifs is 8. The van der Waals surface area contributed by atoms with Crippen LogP contribution >= 0.6 is 35.1 Å². The zero-order chi connectivity index (χ0) is 32.1. The van der Waals surface area contributed by atoms with Gasteiger partial charge in [-0.15, -0.1) is 23.5 Å². The van der Waals surface area contributed by atoms with Crippen LogP contribution in [0.25, 0.3) is 32.8 Å². The Morgan fingerprint density at radius 2 is 1.83 bits per heavy atom. The average Bonchev–Trinajstić information content (AvgIpc) is 3.66. The molecule has 0 aliphatic carbocycles. The number of rotatable bonds is 1. The van der Waals surface area contributed by atoms with Crippen LogP contribution in [0, 0.1) is 12.7 Å². The van der Waals surface area contributed by atoms with E-state index in [2.05, 4.69) is 6.07 Å². The lowest BCUT2D eigenvalue weighted by Gasteiger charge is -2.14. The Kier molecular flexibility index (Phi) is 8.25. The second-order valence-electron chi connectivity index (χ2n) is 11.4. The first-order chi connectivity index (χ1) is 22.2. The third-order valence-electron chi connectivity index (χ3n) is 8.45. The molecule has 1 N–H and O–H groups in total. The Hall–Kier alpha value is -3.93. The van der Waals surface area contributed by atoms with E-state index in [9.17, 15) is 14.3 Å². The third kappa shape index (κ3) is 5.65. The van der Waals surface area contributed by atoms with Gasteiger partial charge in [0, 0.05) is 86.6 Å². The van der Waals surface area contributed by atoms with Crippen LogP contribution in [0.15, 0.2) is 59.5 Å². The van der Waals surface area contributed by atoms with Crippen molar-refractivity contribution in [1.29, 1.82) is 0 Å². The predicted molar refractivity (Wildman–Crippen MR) is 183 cm³/mol. The third-order valence-corrected chi connectivity index (χ3v) is 10.7. The lowest BCUT2D eigenvalue weighted by atomic mass is 9.99. The minimum atomic E-state index is -1.01. The van der Waals surface area contributed by atoms with Gasteiger partial charge in [0.05, 0.1) is 18.0 Å². The molecule has 6 aromatic rings. The number of carboxylic acids is 1. The van der Waals surface area contributed by atoms with Crippen LogP contribution in [-0.2, 0) is 37.9 Å². The molecule has 1 aliphatic heterocycles. The van der Waals surface area contributed by atoms with Crippen molar-refractivity contribution in [2.24, 2.45) is 14.1 Å². The highest BCUT2D eigenvalue weighted by molar-refractivity contribution is 7.98. The second kappa shape index (κ2) is 12.4. The summed E-state index contributed by atoms with van der Waals surface area (Å²) in [5, 5.41) is 22.7. The summed E-state index contributed by atoms with van der Waals surface area (Å²) in [6.07, 6.45) is 0.549. The summed E-state index contributed by atoms with van der Waals surface area (Å²) in [5.41, 5.74) is 6.57. The van der Waals surface area contributed by atoms with Crippen molar-refractivity contribution >= 4 is 62.8 Å². The lowest BCUT2D eigenvalue weighted by molar-refractivity contribution is 0.0685. The van der Waals surface area contributed by atoms with Gasteiger partial charge in [0.25, 0.3) is 0 Å². The van der Waals surface area contributed by atoms with Gasteiger partial charge in [0.1, 0.15) is 17.3 Å². The van der Waals surface area contributed by atoms with Crippen LogP contribution in [0.3, 0.4) is 0 Å². The van der Waals surface area contributed by atoms with Crippen molar-refractivity contribution < 1.29 is 19.0 Å². The van der Waals surface area contributed by atoms with E-state index in [1.54, 1.807) is 35.7 Å². The summed E-state index contributed by atoms with van der Waals surface area (Å²) < 4.78 is 26.1. The molecule has 8 nitrogen and oxygen atoms in total.